The molecule has 0 aliphatic heterocycles. The molecule has 1 heterocycles. The number of methoxy groups -OCH3 is 1. The fraction of sp³-hybridized carbons (Fsp3) is 0.393. The predicted molar refractivity (Wildman–Crippen MR) is 138 cm³/mol. The van der Waals surface area contributed by atoms with Crippen LogP contribution in [0.5, 0.6) is 11.6 Å². The van der Waals surface area contributed by atoms with Crippen molar-refractivity contribution in [2.24, 2.45) is 0 Å². The second-order valence-corrected chi connectivity index (χ2v) is 8.45. The molecule has 7 nitrogen and oxygen atoms in total. The van der Waals surface area contributed by atoms with Gasteiger partial charge >= 0.3 is 0 Å². The molecule has 1 aromatic heterocycles. The molecular formula is C28H37N3O4. The van der Waals surface area contributed by atoms with Gasteiger partial charge in [0.05, 0.1) is 42.9 Å². The minimum Gasteiger partial charge on any atom is -0.439 e. The molecule has 3 aromatic rings. The van der Waals surface area contributed by atoms with Crippen LogP contribution in [0.25, 0.3) is 5.69 Å². The standard InChI is InChI=1S/C28H37N3O4/c1-5-17-34-21-24(32)19-30(16-18-33-4)20-26-27(6-2)29-31(23-10-8-7-9-11-23)28(26)35-25-14-12-22(3)13-15-25/h5,7-15,24,32H,1,6,16-21H2,2-4H3/t24-/m1/s1. The Kier molecular flexibility index (Phi) is 10.5. The molecule has 0 aliphatic carbocycles. The SMILES string of the molecule is C=CCOC[C@H](O)CN(CCOC)Cc1c(CC)nn(-c2ccccc2)c1Oc1ccc(C)cc1. The first-order valence-corrected chi connectivity index (χ1v) is 12.0. The van der Waals surface area contributed by atoms with E-state index in [9.17, 15) is 5.11 Å². The van der Waals surface area contributed by atoms with E-state index in [1.54, 1.807) is 13.2 Å². The maximum absolute atomic E-state index is 10.6. The van der Waals surface area contributed by atoms with Crippen molar-refractivity contribution < 1.29 is 19.3 Å². The molecule has 0 fully saturated rings. The average molecular weight is 480 g/mol. The Hall–Kier alpha value is -2.97. The monoisotopic (exact) mass is 479 g/mol. The van der Waals surface area contributed by atoms with E-state index >= 15 is 0 Å². The lowest BCUT2D eigenvalue weighted by molar-refractivity contribution is 0.0192. The summed E-state index contributed by atoms with van der Waals surface area (Å²) in [5.41, 5.74) is 4.04. The summed E-state index contributed by atoms with van der Waals surface area (Å²) in [5.74, 6) is 1.43. The van der Waals surface area contributed by atoms with Gasteiger partial charge in [0.2, 0.25) is 5.88 Å². The molecule has 1 atom stereocenters. The minimum absolute atomic E-state index is 0.242. The molecule has 0 amide bonds. The molecule has 0 unspecified atom stereocenters. The number of nitrogens with zero attached hydrogens (tertiary/aromatic N) is 3. The van der Waals surface area contributed by atoms with Crippen LogP contribution in [0.4, 0.5) is 0 Å². The van der Waals surface area contributed by atoms with E-state index in [0.29, 0.717) is 38.7 Å². The Balaban J connectivity index is 1.96. The Morgan fingerprint density at radius 1 is 1.14 bits per heavy atom. The molecule has 0 spiro atoms. The summed E-state index contributed by atoms with van der Waals surface area (Å²) in [4.78, 5) is 2.15. The molecule has 1 N–H and O–H groups in total. The van der Waals surface area contributed by atoms with Crippen molar-refractivity contribution in [3.8, 4) is 17.3 Å². The van der Waals surface area contributed by atoms with Crippen molar-refractivity contribution in [3.63, 3.8) is 0 Å². The number of hydrogen-bond acceptors (Lipinski definition) is 6. The van der Waals surface area contributed by atoms with Crippen LogP contribution in [-0.2, 0) is 22.4 Å². The smallest absolute Gasteiger partial charge is 0.227 e. The fourth-order valence-electron chi connectivity index (χ4n) is 3.80. The van der Waals surface area contributed by atoms with Gasteiger partial charge in [-0.05, 0) is 37.6 Å². The average Bonchev–Trinajstić information content (AvgIpc) is 3.21. The summed E-state index contributed by atoms with van der Waals surface area (Å²) in [6.07, 6.45) is 1.79. The molecule has 0 radical (unpaired) electrons. The van der Waals surface area contributed by atoms with Gasteiger partial charge in [-0.2, -0.15) is 5.10 Å². The molecule has 0 aliphatic rings. The maximum atomic E-state index is 10.6. The van der Waals surface area contributed by atoms with Crippen LogP contribution < -0.4 is 4.74 Å². The Morgan fingerprint density at radius 2 is 1.89 bits per heavy atom. The number of rotatable bonds is 15. The third-order valence-corrected chi connectivity index (χ3v) is 5.60. The van der Waals surface area contributed by atoms with E-state index in [4.69, 9.17) is 19.3 Å². The molecule has 188 valence electrons. The zero-order chi connectivity index (χ0) is 25.0. The fourth-order valence-corrected chi connectivity index (χ4v) is 3.80. The van der Waals surface area contributed by atoms with E-state index in [2.05, 4.69) is 25.3 Å². The maximum Gasteiger partial charge on any atom is 0.227 e. The second-order valence-electron chi connectivity index (χ2n) is 8.45. The highest BCUT2D eigenvalue weighted by molar-refractivity contribution is 5.44. The Bertz CT molecular complexity index is 1030. The van der Waals surface area contributed by atoms with E-state index in [0.717, 1.165) is 29.1 Å². The number of ether oxygens (including phenoxy) is 3. The normalized spacial score (nSPS) is 12.1. The van der Waals surface area contributed by atoms with Gasteiger partial charge in [0.25, 0.3) is 0 Å². The van der Waals surface area contributed by atoms with E-state index in [1.165, 1.54) is 5.56 Å². The third kappa shape index (κ3) is 7.77. The summed E-state index contributed by atoms with van der Waals surface area (Å²) < 4.78 is 19.1. The minimum atomic E-state index is -0.637. The van der Waals surface area contributed by atoms with Gasteiger partial charge in [-0.1, -0.05) is 48.9 Å². The number of aliphatic hydroxyl groups excluding tert-OH is 1. The summed E-state index contributed by atoms with van der Waals surface area (Å²) >= 11 is 0. The van der Waals surface area contributed by atoms with Gasteiger partial charge in [-0.15, -0.1) is 6.58 Å². The van der Waals surface area contributed by atoms with Crippen molar-refractivity contribution in [2.75, 3.05) is 40.0 Å². The van der Waals surface area contributed by atoms with Crippen LogP contribution in [0.2, 0.25) is 0 Å². The van der Waals surface area contributed by atoms with Crippen molar-refractivity contribution in [2.45, 2.75) is 32.9 Å². The molecule has 35 heavy (non-hydrogen) atoms. The number of aliphatic hydroxyl groups is 1. The molecule has 7 heteroatoms. The molecule has 3 rings (SSSR count). The van der Waals surface area contributed by atoms with Crippen LogP contribution >= 0.6 is 0 Å². The molecule has 2 aromatic carbocycles. The summed E-state index contributed by atoms with van der Waals surface area (Å²) in [6.45, 7) is 10.6. The Labute approximate surface area is 208 Å². The van der Waals surface area contributed by atoms with Gasteiger partial charge in [0, 0.05) is 26.7 Å². The van der Waals surface area contributed by atoms with E-state index < -0.39 is 6.10 Å². The number of para-hydroxylation sites is 1. The van der Waals surface area contributed by atoms with Crippen LogP contribution in [-0.4, -0.2) is 65.9 Å². The first-order valence-electron chi connectivity index (χ1n) is 12.0. The van der Waals surface area contributed by atoms with Gasteiger partial charge < -0.3 is 19.3 Å². The van der Waals surface area contributed by atoms with Gasteiger partial charge in [0.1, 0.15) is 5.75 Å². The highest BCUT2D eigenvalue weighted by atomic mass is 16.5. The predicted octanol–water partition coefficient (Wildman–Crippen LogP) is 4.55. The molecule has 0 saturated heterocycles. The van der Waals surface area contributed by atoms with Gasteiger partial charge in [0.15, 0.2) is 0 Å². The number of aromatic nitrogens is 2. The van der Waals surface area contributed by atoms with Crippen LogP contribution in [0, 0.1) is 6.92 Å². The quantitative estimate of drug-likeness (QED) is 0.255. The van der Waals surface area contributed by atoms with Crippen LogP contribution in [0.1, 0.15) is 23.7 Å². The van der Waals surface area contributed by atoms with Gasteiger partial charge in [-0.3, -0.25) is 4.90 Å². The van der Waals surface area contributed by atoms with Crippen LogP contribution in [0.3, 0.4) is 0 Å². The van der Waals surface area contributed by atoms with Crippen molar-refractivity contribution in [1.29, 1.82) is 0 Å². The van der Waals surface area contributed by atoms with Crippen molar-refractivity contribution >= 4 is 0 Å². The molecule has 0 saturated carbocycles. The van der Waals surface area contributed by atoms with Crippen LogP contribution in [0.15, 0.2) is 67.3 Å². The lowest BCUT2D eigenvalue weighted by atomic mass is 10.1. The topological polar surface area (TPSA) is 69.0 Å². The van der Waals surface area contributed by atoms with Crippen molar-refractivity contribution in [3.05, 3.63) is 84.1 Å². The first kappa shape index (κ1) is 26.6. The lowest BCUT2D eigenvalue weighted by Crippen LogP contribution is -2.36. The second kappa shape index (κ2) is 13.8. The molecule has 0 bridgehead atoms. The van der Waals surface area contributed by atoms with E-state index in [1.807, 2.05) is 59.3 Å². The van der Waals surface area contributed by atoms with Crippen molar-refractivity contribution in [1.82, 2.24) is 14.7 Å². The largest absolute Gasteiger partial charge is 0.439 e. The Morgan fingerprint density at radius 3 is 2.54 bits per heavy atom. The molecular weight excluding hydrogens is 442 g/mol. The zero-order valence-electron chi connectivity index (χ0n) is 21.0. The zero-order valence-corrected chi connectivity index (χ0v) is 21.0. The van der Waals surface area contributed by atoms with Gasteiger partial charge in [-0.25, -0.2) is 4.68 Å². The third-order valence-electron chi connectivity index (χ3n) is 5.60. The summed E-state index contributed by atoms with van der Waals surface area (Å²) in [5, 5.41) is 15.5. The number of benzene rings is 2. The summed E-state index contributed by atoms with van der Waals surface area (Å²) in [6, 6.07) is 18.0. The highest BCUT2D eigenvalue weighted by Gasteiger charge is 2.23. The first-order chi connectivity index (χ1) is 17.0. The number of aryl methyl sites for hydroxylation is 2. The van der Waals surface area contributed by atoms with E-state index in [-0.39, 0.29) is 6.61 Å². The number of hydrogen-bond donors (Lipinski definition) is 1. The lowest BCUT2D eigenvalue weighted by Gasteiger charge is -2.25. The highest BCUT2D eigenvalue weighted by Crippen LogP contribution is 2.32. The summed E-state index contributed by atoms with van der Waals surface area (Å²) in [7, 11) is 1.68.